The van der Waals surface area contributed by atoms with Gasteiger partial charge in [0.25, 0.3) is 0 Å². The smallest absolute Gasteiger partial charge is 0.328 e. The van der Waals surface area contributed by atoms with Gasteiger partial charge in [-0.2, -0.15) is 0 Å². The first-order valence-electron chi connectivity index (χ1n) is 8.42. The number of amides is 2. The van der Waals surface area contributed by atoms with Crippen LogP contribution in [0.3, 0.4) is 0 Å². The zero-order chi connectivity index (χ0) is 20.5. The van der Waals surface area contributed by atoms with E-state index in [2.05, 4.69) is 10.6 Å². The molecule has 0 aliphatic heterocycles. The highest BCUT2D eigenvalue weighted by molar-refractivity contribution is 8.00. The highest BCUT2D eigenvalue weighted by Gasteiger charge is 2.18. The summed E-state index contributed by atoms with van der Waals surface area (Å²) in [5, 5.41) is 14.3. The van der Waals surface area contributed by atoms with Gasteiger partial charge < -0.3 is 15.7 Å². The van der Waals surface area contributed by atoms with Gasteiger partial charge in [0, 0.05) is 33.4 Å². The number of thioether (sulfide) groups is 1. The maximum atomic E-state index is 12.5. The molecule has 0 fully saturated rings. The Morgan fingerprint density at radius 1 is 1.07 bits per heavy atom. The molecular weight excluding hydrogens is 400 g/mol. The van der Waals surface area contributed by atoms with Crippen LogP contribution in [-0.2, 0) is 14.4 Å². The lowest BCUT2D eigenvalue weighted by molar-refractivity contribution is -0.131. The highest BCUT2D eigenvalue weighted by Crippen LogP contribution is 2.28. The van der Waals surface area contributed by atoms with Crippen molar-refractivity contribution in [2.75, 3.05) is 10.6 Å². The molecule has 0 aliphatic carbocycles. The molecular formula is C20H19ClN2O4S. The Morgan fingerprint density at radius 2 is 1.79 bits per heavy atom. The Kier molecular flexibility index (Phi) is 8.10. The number of carbonyl (C=O) groups excluding carboxylic acids is 2. The second-order valence-electron chi connectivity index (χ2n) is 5.70. The largest absolute Gasteiger partial charge is 0.478 e. The predicted octanol–water partition coefficient (Wildman–Crippen LogP) is 4.43. The van der Waals surface area contributed by atoms with E-state index in [0.717, 1.165) is 17.0 Å². The van der Waals surface area contributed by atoms with Crippen LogP contribution in [0.1, 0.15) is 13.3 Å². The molecule has 1 atom stereocenters. The van der Waals surface area contributed by atoms with Crippen molar-refractivity contribution in [2.45, 2.75) is 23.5 Å². The fraction of sp³-hybridized carbons (Fsp3) is 0.150. The number of halogens is 1. The topological polar surface area (TPSA) is 95.5 Å². The van der Waals surface area contributed by atoms with Gasteiger partial charge in [-0.15, -0.1) is 11.8 Å². The average molecular weight is 419 g/mol. The SMILES string of the molecule is CCC(Sc1cccc(NC(=O)/C=C/C(=O)O)c1)C(=O)Nc1ccc(Cl)cc1. The van der Waals surface area contributed by atoms with Crippen molar-refractivity contribution in [3.8, 4) is 0 Å². The fourth-order valence-corrected chi connectivity index (χ4v) is 3.36. The Morgan fingerprint density at radius 3 is 2.43 bits per heavy atom. The Balaban J connectivity index is 2.01. The van der Waals surface area contributed by atoms with Crippen LogP contribution in [0.4, 0.5) is 11.4 Å². The Bertz CT molecular complexity index is 884. The molecule has 1 unspecified atom stereocenters. The summed E-state index contributed by atoms with van der Waals surface area (Å²) in [6.45, 7) is 1.92. The maximum Gasteiger partial charge on any atom is 0.328 e. The molecule has 0 aliphatic rings. The van der Waals surface area contributed by atoms with Crippen molar-refractivity contribution >= 4 is 52.5 Å². The molecule has 8 heteroatoms. The summed E-state index contributed by atoms with van der Waals surface area (Å²) in [5.41, 5.74) is 1.18. The number of nitrogens with one attached hydrogen (secondary N) is 2. The summed E-state index contributed by atoms with van der Waals surface area (Å²) in [6, 6.07) is 13.9. The quantitative estimate of drug-likeness (QED) is 0.435. The van der Waals surface area contributed by atoms with Crippen LogP contribution in [0.25, 0.3) is 0 Å². The third kappa shape index (κ3) is 7.09. The number of anilines is 2. The van der Waals surface area contributed by atoms with E-state index in [1.165, 1.54) is 11.8 Å². The summed E-state index contributed by atoms with van der Waals surface area (Å²) in [4.78, 5) is 35.5. The number of rotatable bonds is 8. The van der Waals surface area contributed by atoms with Crippen molar-refractivity contribution in [1.29, 1.82) is 0 Å². The molecule has 146 valence electrons. The van der Waals surface area contributed by atoms with Gasteiger partial charge in [-0.1, -0.05) is 24.6 Å². The lowest BCUT2D eigenvalue weighted by Gasteiger charge is -2.15. The molecule has 28 heavy (non-hydrogen) atoms. The lowest BCUT2D eigenvalue weighted by Crippen LogP contribution is -2.24. The second kappa shape index (κ2) is 10.5. The van der Waals surface area contributed by atoms with Gasteiger partial charge in [0.1, 0.15) is 0 Å². The first kappa shape index (κ1) is 21.5. The molecule has 0 saturated heterocycles. The molecule has 2 aromatic rings. The molecule has 6 nitrogen and oxygen atoms in total. The van der Waals surface area contributed by atoms with Gasteiger partial charge in [0.2, 0.25) is 11.8 Å². The number of hydrogen-bond donors (Lipinski definition) is 3. The van der Waals surface area contributed by atoms with Gasteiger partial charge in [-0.05, 0) is 48.9 Å². The molecule has 2 rings (SSSR count). The van der Waals surface area contributed by atoms with E-state index < -0.39 is 11.9 Å². The van der Waals surface area contributed by atoms with Crippen molar-refractivity contribution < 1.29 is 19.5 Å². The predicted molar refractivity (Wildman–Crippen MR) is 112 cm³/mol. The van der Waals surface area contributed by atoms with Gasteiger partial charge in [0.05, 0.1) is 5.25 Å². The van der Waals surface area contributed by atoms with Crippen LogP contribution < -0.4 is 10.6 Å². The monoisotopic (exact) mass is 418 g/mol. The lowest BCUT2D eigenvalue weighted by atomic mass is 10.2. The van der Waals surface area contributed by atoms with Gasteiger partial charge >= 0.3 is 5.97 Å². The molecule has 0 radical (unpaired) electrons. The maximum absolute atomic E-state index is 12.5. The van der Waals surface area contributed by atoms with E-state index in [-0.39, 0.29) is 11.2 Å². The summed E-state index contributed by atoms with van der Waals surface area (Å²) in [5.74, 6) is -1.87. The summed E-state index contributed by atoms with van der Waals surface area (Å²) in [7, 11) is 0. The van der Waals surface area contributed by atoms with Gasteiger partial charge in [0.15, 0.2) is 0 Å². The number of carboxylic acids is 1. The molecule has 3 N–H and O–H groups in total. The normalized spacial score (nSPS) is 11.8. The first-order chi connectivity index (χ1) is 13.4. The van der Waals surface area contributed by atoms with Crippen molar-refractivity contribution in [1.82, 2.24) is 0 Å². The standard InChI is InChI=1S/C20H19ClN2O4S/c1-2-17(20(27)23-14-8-6-13(21)7-9-14)28-16-5-3-4-15(12-16)22-18(24)10-11-19(25)26/h3-12,17H,2H2,1H3,(H,22,24)(H,23,27)(H,25,26)/b11-10+. The van der Waals surface area contributed by atoms with Gasteiger partial charge in [-0.3, -0.25) is 9.59 Å². The average Bonchev–Trinajstić information content (AvgIpc) is 2.66. The first-order valence-corrected chi connectivity index (χ1v) is 9.68. The van der Waals surface area contributed by atoms with Crippen LogP contribution in [0, 0.1) is 0 Å². The van der Waals surface area contributed by atoms with Crippen molar-refractivity contribution in [3.63, 3.8) is 0 Å². The molecule has 2 amide bonds. The molecule has 0 aromatic heterocycles. The van der Waals surface area contributed by atoms with E-state index in [1.807, 2.05) is 13.0 Å². The van der Waals surface area contributed by atoms with Crippen molar-refractivity contribution in [2.24, 2.45) is 0 Å². The van der Waals surface area contributed by atoms with E-state index >= 15 is 0 Å². The van der Waals surface area contributed by atoms with Crippen LogP contribution >= 0.6 is 23.4 Å². The number of aliphatic carboxylic acids is 1. The molecule has 0 spiro atoms. The van der Waals surface area contributed by atoms with E-state index in [9.17, 15) is 14.4 Å². The van der Waals surface area contributed by atoms with Crippen LogP contribution in [-0.4, -0.2) is 28.1 Å². The van der Waals surface area contributed by atoms with Crippen LogP contribution in [0.15, 0.2) is 65.6 Å². The van der Waals surface area contributed by atoms with Gasteiger partial charge in [-0.25, -0.2) is 4.79 Å². The van der Waals surface area contributed by atoms with E-state index in [4.69, 9.17) is 16.7 Å². The zero-order valence-corrected chi connectivity index (χ0v) is 16.6. The van der Waals surface area contributed by atoms with Crippen molar-refractivity contribution in [3.05, 3.63) is 65.7 Å². The minimum Gasteiger partial charge on any atom is -0.478 e. The van der Waals surface area contributed by atoms with Crippen LogP contribution in [0.5, 0.6) is 0 Å². The summed E-state index contributed by atoms with van der Waals surface area (Å²) < 4.78 is 0. The highest BCUT2D eigenvalue weighted by atomic mass is 35.5. The number of benzene rings is 2. The number of carboxylic acid groups (broad SMARTS) is 1. The third-order valence-corrected chi connectivity index (χ3v) is 5.14. The third-order valence-electron chi connectivity index (χ3n) is 3.53. The number of carbonyl (C=O) groups is 3. The molecule has 0 bridgehead atoms. The molecule has 0 heterocycles. The molecule has 0 saturated carbocycles. The minimum atomic E-state index is -1.20. The Labute approximate surface area is 172 Å². The minimum absolute atomic E-state index is 0.131. The fourth-order valence-electron chi connectivity index (χ4n) is 2.22. The summed E-state index contributed by atoms with van der Waals surface area (Å²) >= 11 is 7.23. The zero-order valence-electron chi connectivity index (χ0n) is 15.0. The van der Waals surface area contributed by atoms with Crippen LogP contribution in [0.2, 0.25) is 5.02 Å². The Hall–Kier alpha value is -2.77. The second-order valence-corrected chi connectivity index (χ2v) is 7.41. The molecule has 2 aromatic carbocycles. The summed E-state index contributed by atoms with van der Waals surface area (Å²) in [6.07, 6.45) is 2.32. The van der Waals surface area contributed by atoms with E-state index in [1.54, 1.807) is 42.5 Å². The number of hydrogen-bond acceptors (Lipinski definition) is 4. The van der Waals surface area contributed by atoms with E-state index in [0.29, 0.717) is 22.8 Å².